The fraction of sp³-hybridized carbons (Fsp3) is 0.136. The average molecular weight is 410 g/mol. The molecule has 2 heterocycles. The van der Waals surface area contributed by atoms with Gasteiger partial charge in [-0.05, 0) is 36.2 Å². The van der Waals surface area contributed by atoms with Crippen LogP contribution < -0.4 is 4.74 Å². The quantitative estimate of drug-likeness (QED) is 0.452. The van der Waals surface area contributed by atoms with Gasteiger partial charge in [0.05, 0.1) is 10.6 Å². The fourth-order valence-electron chi connectivity index (χ4n) is 3.07. The summed E-state index contributed by atoms with van der Waals surface area (Å²) >= 11 is 6.14. The molecule has 0 saturated heterocycles. The van der Waals surface area contributed by atoms with E-state index in [1.165, 1.54) is 12.1 Å². The molecule has 0 aliphatic rings. The maximum Gasteiger partial charge on any atom is 0.181 e. The van der Waals surface area contributed by atoms with Gasteiger partial charge in [-0.1, -0.05) is 41.9 Å². The van der Waals surface area contributed by atoms with Gasteiger partial charge in [0.25, 0.3) is 0 Å². The number of ether oxygens (including phenoxy) is 1. The maximum atomic E-state index is 15.0. The molecule has 0 radical (unpaired) electrons. The Labute approximate surface area is 171 Å². The zero-order valence-electron chi connectivity index (χ0n) is 15.6. The number of Topliss-reactive ketones (excluding diaryl/α,β-unsaturated/α-hetero) is 1. The number of carbonyl (C=O) groups excluding carboxylic acids is 1. The molecule has 2 aromatic carbocycles. The lowest BCUT2D eigenvalue weighted by Crippen LogP contribution is -2.09. The van der Waals surface area contributed by atoms with Crippen molar-refractivity contribution in [1.29, 1.82) is 0 Å². The topological polar surface area (TPSA) is 67.9 Å². The molecule has 5 nitrogen and oxygen atoms in total. The molecule has 0 unspecified atom stereocenters. The second-order valence-corrected chi connectivity index (χ2v) is 7.08. The van der Waals surface area contributed by atoms with Gasteiger partial charge in [0.15, 0.2) is 23.0 Å². The number of rotatable bonds is 6. The summed E-state index contributed by atoms with van der Waals surface area (Å²) < 4.78 is 20.6. The van der Waals surface area contributed by atoms with Crippen LogP contribution in [0.3, 0.4) is 0 Å². The molecule has 0 bridgehead atoms. The predicted molar refractivity (Wildman–Crippen MR) is 109 cm³/mol. The zero-order valence-corrected chi connectivity index (χ0v) is 16.3. The van der Waals surface area contributed by atoms with Crippen molar-refractivity contribution < 1.29 is 13.9 Å². The molecule has 0 saturated carbocycles. The van der Waals surface area contributed by atoms with Crippen LogP contribution in [0.5, 0.6) is 5.75 Å². The van der Waals surface area contributed by atoms with Crippen molar-refractivity contribution in [2.45, 2.75) is 20.0 Å². The van der Waals surface area contributed by atoms with Gasteiger partial charge in [-0.2, -0.15) is 5.10 Å². The summed E-state index contributed by atoms with van der Waals surface area (Å²) in [5.74, 6) is -1.22. The molecule has 0 fully saturated rings. The fourth-order valence-corrected chi connectivity index (χ4v) is 3.32. The standard InChI is InChI=1S/C22H17ClFN3O2/c1-13-16-9-15(11-25-22(16)27-26-13)10-18(28)20-17(23)7-8-19(21(20)24)29-12-14-5-3-2-4-6-14/h2-9,11H,10,12H2,1H3,(H,25,26,27). The summed E-state index contributed by atoms with van der Waals surface area (Å²) in [6.07, 6.45) is 1.52. The Bertz CT molecular complexity index is 1190. The highest BCUT2D eigenvalue weighted by molar-refractivity contribution is 6.34. The van der Waals surface area contributed by atoms with E-state index in [4.69, 9.17) is 16.3 Å². The van der Waals surface area contributed by atoms with Crippen LogP contribution in [-0.4, -0.2) is 21.0 Å². The third-order valence-corrected chi connectivity index (χ3v) is 4.91. The minimum atomic E-state index is -0.757. The molecular formula is C22H17ClFN3O2. The Morgan fingerprint density at radius 1 is 1.17 bits per heavy atom. The predicted octanol–water partition coefficient (Wildman–Crippen LogP) is 5.06. The van der Waals surface area contributed by atoms with E-state index in [9.17, 15) is 9.18 Å². The molecule has 7 heteroatoms. The third kappa shape index (κ3) is 3.98. The number of aryl methyl sites for hydroxylation is 1. The van der Waals surface area contributed by atoms with Gasteiger partial charge in [-0.25, -0.2) is 9.37 Å². The van der Waals surface area contributed by atoms with Crippen LogP contribution in [0.15, 0.2) is 54.7 Å². The lowest BCUT2D eigenvalue weighted by Gasteiger charge is -2.11. The van der Waals surface area contributed by atoms with Gasteiger partial charge in [-0.3, -0.25) is 9.89 Å². The van der Waals surface area contributed by atoms with Gasteiger partial charge < -0.3 is 4.74 Å². The van der Waals surface area contributed by atoms with Crippen molar-refractivity contribution in [2.24, 2.45) is 0 Å². The zero-order chi connectivity index (χ0) is 20.4. The number of nitrogens with zero attached hydrogens (tertiary/aromatic N) is 2. The van der Waals surface area contributed by atoms with Crippen molar-refractivity contribution in [1.82, 2.24) is 15.2 Å². The SMILES string of the molecule is Cc1[nH]nc2ncc(CC(=O)c3c(Cl)ccc(OCc4ccccc4)c3F)cc12. The van der Waals surface area contributed by atoms with Crippen molar-refractivity contribution in [3.05, 3.63) is 88.0 Å². The van der Waals surface area contributed by atoms with E-state index in [1.54, 1.807) is 6.20 Å². The number of halogens is 2. The largest absolute Gasteiger partial charge is 0.486 e. The molecule has 1 N–H and O–H groups in total. The number of hydrogen-bond donors (Lipinski definition) is 1. The van der Waals surface area contributed by atoms with E-state index < -0.39 is 11.6 Å². The Hall–Kier alpha value is -3.25. The van der Waals surface area contributed by atoms with Gasteiger partial charge in [0, 0.05) is 23.7 Å². The van der Waals surface area contributed by atoms with Gasteiger partial charge in [-0.15, -0.1) is 0 Å². The van der Waals surface area contributed by atoms with Crippen LogP contribution in [0.25, 0.3) is 11.0 Å². The van der Waals surface area contributed by atoms with Crippen molar-refractivity contribution in [3.8, 4) is 5.75 Å². The summed E-state index contributed by atoms with van der Waals surface area (Å²) in [6, 6.07) is 14.1. The second kappa shape index (κ2) is 8.01. The molecule has 4 rings (SSSR count). The summed E-state index contributed by atoms with van der Waals surface area (Å²) in [7, 11) is 0. The first-order valence-electron chi connectivity index (χ1n) is 9.00. The van der Waals surface area contributed by atoms with Crippen molar-refractivity contribution >= 4 is 28.4 Å². The van der Waals surface area contributed by atoms with Crippen LogP contribution in [0.2, 0.25) is 5.02 Å². The summed E-state index contributed by atoms with van der Waals surface area (Å²) in [5, 5.41) is 7.78. The third-order valence-electron chi connectivity index (χ3n) is 4.59. The number of ketones is 1. The molecule has 146 valence electrons. The number of fused-ring (bicyclic) bond motifs is 1. The molecule has 0 atom stereocenters. The van der Waals surface area contributed by atoms with E-state index in [0.29, 0.717) is 11.2 Å². The van der Waals surface area contributed by atoms with Gasteiger partial charge in [0.2, 0.25) is 0 Å². The Kier molecular flexibility index (Phi) is 5.27. The van der Waals surface area contributed by atoms with Gasteiger partial charge in [0.1, 0.15) is 6.61 Å². The number of H-pyrrole nitrogens is 1. The normalized spacial score (nSPS) is 11.0. The number of pyridine rings is 1. The smallest absolute Gasteiger partial charge is 0.181 e. The lowest BCUT2D eigenvalue weighted by molar-refractivity contribution is 0.0988. The van der Waals surface area contributed by atoms with Crippen molar-refractivity contribution in [3.63, 3.8) is 0 Å². The second-order valence-electron chi connectivity index (χ2n) is 6.67. The monoisotopic (exact) mass is 409 g/mol. The molecule has 29 heavy (non-hydrogen) atoms. The first kappa shape index (κ1) is 19.1. The Balaban J connectivity index is 1.57. The van der Waals surface area contributed by atoms with Crippen LogP contribution >= 0.6 is 11.6 Å². The highest BCUT2D eigenvalue weighted by Gasteiger charge is 2.21. The molecule has 0 amide bonds. The minimum Gasteiger partial charge on any atom is -0.486 e. The highest BCUT2D eigenvalue weighted by Crippen LogP contribution is 2.29. The maximum absolute atomic E-state index is 15.0. The molecule has 0 spiro atoms. The van der Waals surface area contributed by atoms with E-state index >= 15 is 0 Å². The van der Waals surface area contributed by atoms with Crippen LogP contribution in [-0.2, 0) is 13.0 Å². The number of carbonyl (C=O) groups is 1. The first-order valence-corrected chi connectivity index (χ1v) is 9.38. The average Bonchev–Trinajstić information content (AvgIpc) is 3.08. The molecule has 4 aromatic rings. The molecule has 2 aromatic heterocycles. The first-order chi connectivity index (χ1) is 14.0. The van der Waals surface area contributed by atoms with E-state index in [-0.39, 0.29) is 29.4 Å². The summed E-state index contributed by atoms with van der Waals surface area (Å²) in [5.41, 5.74) is 2.78. The number of nitrogens with one attached hydrogen (secondary N) is 1. The Morgan fingerprint density at radius 2 is 1.97 bits per heavy atom. The Morgan fingerprint density at radius 3 is 2.76 bits per heavy atom. The number of aromatic amines is 1. The summed E-state index contributed by atoms with van der Waals surface area (Å²) in [6.45, 7) is 2.06. The lowest BCUT2D eigenvalue weighted by atomic mass is 10.0. The van der Waals surface area contributed by atoms with Crippen LogP contribution in [0.1, 0.15) is 27.2 Å². The van der Waals surface area contributed by atoms with Crippen LogP contribution in [0, 0.1) is 12.7 Å². The molecule has 0 aliphatic heterocycles. The summed E-state index contributed by atoms with van der Waals surface area (Å²) in [4.78, 5) is 17.0. The van der Waals surface area contributed by atoms with E-state index in [2.05, 4.69) is 15.2 Å². The van der Waals surface area contributed by atoms with Crippen molar-refractivity contribution in [2.75, 3.05) is 0 Å². The number of hydrogen-bond acceptors (Lipinski definition) is 4. The molecular weight excluding hydrogens is 393 g/mol. The van der Waals surface area contributed by atoms with Crippen LogP contribution in [0.4, 0.5) is 4.39 Å². The highest BCUT2D eigenvalue weighted by atomic mass is 35.5. The number of benzene rings is 2. The minimum absolute atomic E-state index is 0.0131. The van der Waals surface area contributed by atoms with E-state index in [1.807, 2.05) is 43.3 Å². The molecule has 0 aliphatic carbocycles. The number of aromatic nitrogens is 3. The van der Waals surface area contributed by atoms with Gasteiger partial charge >= 0.3 is 0 Å². The van der Waals surface area contributed by atoms with E-state index in [0.717, 1.165) is 16.6 Å².